The molecule has 0 radical (unpaired) electrons. The van der Waals surface area contributed by atoms with Gasteiger partial charge in [0, 0.05) is 5.69 Å². The summed E-state index contributed by atoms with van der Waals surface area (Å²) in [5.74, 6) is -0.996. The monoisotopic (exact) mass is 341 g/mol. The van der Waals surface area contributed by atoms with E-state index in [-0.39, 0.29) is 17.6 Å². The molecule has 0 aliphatic carbocycles. The van der Waals surface area contributed by atoms with Crippen molar-refractivity contribution in [3.05, 3.63) is 74.0 Å². The minimum Gasteiger partial charge on any atom is -0.324 e. The molecule has 0 fully saturated rings. The van der Waals surface area contributed by atoms with Gasteiger partial charge in [-0.2, -0.15) is 0 Å². The van der Waals surface area contributed by atoms with Crippen molar-refractivity contribution in [3.8, 4) is 0 Å². The topological polar surface area (TPSA) is 84.0 Å². The highest BCUT2D eigenvalue weighted by atomic mass is 19.1. The number of amides is 1. The molecule has 1 aromatic heterocycles. The van der Waals surface area contributed by atoms with Crippen LogP contribution in [0.4, 0.5) is 10.1 Å². The minimum atomic E-state index is -0.905. The second-order valence-electron chi connectivity index (χ2n) is 5.82. The van der Waals surface area contributed by atoms with Crippen LogP contribution in [0.5, 0.6) is 0 Å². The van der Waals surface area contributed by atoms with Gasteiger partial charge >= 0.3 is 11.1 Å². The predicted octanol–water partition coefficient (Wildman–Crippen LogP) is 2.08. The molecule has 128 valence electrons. The highest BCUT2D eigenvalue weighted by molar-refractivity contribution is 5.93. The third-order valence-corrected chi connectivity index (χ3v) is 3.98. The number of aryl methyl sites for hydroxylation is 2. The van der Waals surface area contributed by atoms with Gasteiger partial charge in [0.1, 0.15) is 12.4 Å². The molecule has 3 rings (SSSR count). The SMILES string of the molecule is Cc1cccc(C)c1NC(=O)Cn1c(=O)c(=O)[nH]c2cc(F)ccc21. The first-order valence-corrected chi connectivity index (χ1v) is 7.65. The van der Waals surface area contributed by atoms with Gasteiger partial charge < -0.3 is 10.3 Å². The Bertz CT molecular complexity index is 1080. The molecule has 0 saturated heterocycles. The summed E-state index contributed by atoms with van der Waals surface area (Å²) >= 11 is 0. The van der Waals surface area contributed by atoms with Crippen LogP contribution in [0.25, 0.3) is 11.0 Å². The van der Waals surface area contributed by atoms with E-state index in [1.807, 2.05) is 32.0 Å². The number of carbonyl (C=O) groups excluding carboxylic acids is 1. The number of para-hydroxylation sites is 1. The molecule has 0 aliphatic rings. The molecule has 7 heteroatoms. The molecule has 3 aromatic rings. The smallest absolute Gasteiger partial charge is 0.317 e. The van der Waals surface area contributed by atoms with Gasteiger partial charge in [-0.3, -0.25) is 19.0 Å². The number of H-pyrrole nitrogens is 1. The first-order chi connectivity index (χ1) is 11.9. The predicted molar refractivity (Wildman–Crippen MR) is 93.3 cm³/mol. The fourth-order valence-corrected chi connectivity index (χ4v) is 2.74. The van der Waals surface area contributed by atoms with Crippen LogP contribution >= 0.6 is 0 Å². The Balaban J connectivity index is 2.00. The fourth-order valence-electron chi connectivity index (χ4n) is 2.74. The zero-order valence-electron chi connectivity index (χ0n) is 13.7. The number of fused-ring (bicyclic) bond motifs is 1. The molecule has 0 saturated carbocycles. The van der Waals surface area contributed by atoms with E-state index in [2.05, 4.69) is 10.3 Å². The number of halogens is 1. The number of anilines is 1. The Kier molecular flexibility index (Phi) is 4.22. The average molecular weight is 341 g/mol. The Hall–Kier alpha value is -3.22. The third-order valence-electron chi connectivity index (χ3n) is 3.98. The number of benzene rings is 2. The molecule has 25 heavy (non-hydrogen) atoms. The van der Waals surface area contributed by atoms with E-state index in [9.17, 15) is 18.8 Å². The van der Waals surface area contributed by atoms with E-state index in [1.54, 1.807) is 0 Å². The summed E-state index contributed by atoms with van der Waals surface area (Å²) in [7, 11) is 0. The van der Waals surface area contributed by atoms with Gasteiger partial charge in [-0.1, -0.05) is 18.2 Å². The van der Waals surface area contributed by atoms with Crippen LogP contribution in [0.1, 0.15) is 11.1 Å². The zero-order chi connectivity index (χ0) is 18.1. The Morgan fingerprint density at radius 3 is 2.52 bits per heavy atom. The van der Waals surface area contributed by atoms with E-state index < -0.39 is 22.8 Å². The second kappa shape index (κ2) is 6.35. The first-order valence-electron chi connectivity index (χ1n) is 7.65. The van der Waals surface area contributed by atoms with Gasteiger partial charge in [0.15, 0.2) is 0 Å². The van der Waals surface area contributed by atoms with E-state index in [0.717, 1.165) is 21.8 Å². The van der Waals surface area contributed by atoms with Gasteiger partial charge in [0.25, 0.3) is 0 Å². The lowest BCUT2D eigenvalue weighted by atomic mass is 10.1. The molecule has 0 spiro atoms. The summed E-state index contributed by atoms with van der Waals surface area (Å²) in [4.78, 5) is 38.6. The summed E-state index contributed by atoms with van der Waals surface area (Å²) < 4.78 is 14.4. The van der Waals surface area contributed by atoms with Gasteiger partial charge in [-0.25, -0.2) is 4.39 Å². The summed E-state index contributed by atoms with van der Waals surface area (Å²) in [5, 5.41) is 2.76. The van der Waals surface area contributed by atoms with Gasteiger partial charge in [0.2, 0.25) is 5.91 Å². The van der Waals surface area contributed by atoms with Crippen molar-refractivity contribution in [1.29, 1.82) is 0 Å². The average Bonchev–Trinajstić information content (AvgIpc) is 2.55. The molecule has 2 aromatic carbocycles. The molecule has 1 heterocycles. The van der Waals surface area contributed by atoms with Crippen LogP contribution < -0.4 is 16.4 Å². The van der Waals surface area contributed by atoms with Crippen LogP contribution in [0.3, 0.4) is 0 Å². The van der Waals surface area contributed by atoms with Crippen molar-refractivity contribution >= 4 is 22.6 Å². The number of hydrogen-bond donors (Lipinski definition) is 2. The van der Waals surface area contributed by atoms with Crippen molar-refractivity contribution in [1.82, 2.24) is 9.55 Å². The number of rotatable bonds is 3. The highest BCUT2D eigenvalue weighted by Crippen LogP contribution is 2.19. The van der Waals surface area contributed by atoms with Crippen LogP contribution in [0.2, 0.25) is 0 Å². The lowest BCUT2D eigenvalue weighted by molar-refractivity contribution is -0.116. The maximum atomic E-state index is 13.4. The van der Waals surface area contributed by atoms with E-state index in [1.165, 1.54) is 12.1 Å². The normalized spacial score (nSPS) is 10.8. The van der Waals surface area contributed by atoms with E-state index >= 15 is 0 Å². The van der Waals surface area contributed by atoms with Crippen LogP contribution in [-0.4, -0.2) is 15.5 Å². The molecule has 1 amide bonds. The summed E-state index contributed by atoms with van der Waals surface area (Å²) in [6, 6.07) is 9.23. The maximum absolute atomic E-state index is 13.4. The molecular formula is C18H16FN3O3. The van der Waals surface area contributed by atoms with Gasteiger partial charge in [-0.05, 0) is 43.2 Å². The van der Waals surface area contributed by atoms with Crippen LogP contribution in [0.15, 0.2) is 46.0 Å². The zero-order valence-corrected chi connectivity index (χ0v) is 13.7. The number of aromatic nitrogens is 2. The molecule has 2 N–H and O–H groups in total. The molecular weight excluding hydrogens is 325 g/mol. The van der Waals surface area contributed by atoms with Crippen molar-refractivity contribution in [2.45, 2.75) is 20.4 Å². The number of aromatic amines is 1. The third kappa shape index (κ3) is 3.21. The number of nitrogens with zero attached hydrogens (tertiary/aromatic N) is 1. The number of carbonyl (C=O) groups is 1. The molecule has 6 nitrogen and oxygen atoms in total. The van der Waals surface area contributed by atoms with Gasteiger partial charge in [0.05, 0.1) is 11.0 Å². The van der Waals surface area contributed by atoms with E-state index in [4.69, 9.17) is 0 Å². The molecule has 0 unspecified atom stereocenters. The lowest BCUT2D eigenvalue weighted by Crippen LogP contribution is -2.39. The standard InChI is InChI=1S/C18H16FN3O3/c1-10-4-3-5-11(2)16(10)21-15(23)9-22-14-7-6-12(19)8-13(14)20-17(24)18(22)25/h3-8H,9H2,1-2H3,(H,20,24)(H,21,23). The Labute approximate surface area is 141 Å². The second-order valence-corrected chi connectivity index (χ2v) is 5.82. The van der Waals surface area contributed by atoms with Crippen molar-refractivity contribution in [2.24, 2.45) is 0 Å². The molecule has 0 bridgehead atoms. The highest BCUT2D eigenvalue weighted by Gasteiger charge is 2.13. The Morgan fingerprint density at radius 2 is 1.84 bits per heavy atom. The van der Waals surface area contributed by atoms with Crippen LogP contribution in [0, 0.1) is 19.7 Å². The largest absolute Gasteiger partial charge is 0.324 e. The number of nitrogens with one attached hydrogen (secondary N) is 2. The lowest BCUT2D eigenvalue weighted by Gasteiger charge is -2.13. The van der Waals surface area contributed by atoms with Crippen molar-refractivity contribution < 1.29 is 9.18 Å². The molecule has 0 atom stereocenters. The van der Waals surface area contributed by atoms with Gasteiger partial charge in [-0.15, -0.1) is 0 Å². The summed E-state index contributed by atoms with van der Waals surface area (Å²) in [5.41, 5.74) is 1.11. The maximum Gasteiger partial charge on any atom is 0.317 e. The quantitative estimate of drug-likeness (QED) is 0.716. The minimum absolute atomic E-state index is 0.157. The summed E-state index contributed by atoms with van der Waals surface area (Å²) in [6.45, 7) is 3.37. The van der Waals surface area contributed by atoms with Crippen LogP contribution in [-0.2, 0) is 11.3 Å². The fraction of sp³-hybridized carbons (Fsp3) is 0.167. The molecule has 0 aliphatic heterocycles. The Morgan fingerprint density at radius 1 is 1.16 bits per heavy atom. The summed E-state index contributed by atoms with van der Waals surface area (Å²) in [6.07, 6.45) is 0. The first kappa shape index (κ1) is 16.6. The van der Waals surface area contributed by atoms with Crippen molar-refractivity contribution in [3.63, 3.8) is 0 Å². The number of hydrogen-bond acceptors (Lipinski definition) is 3. The van der Waals surface area contributed by atoms with Crippen molar-refractivity contribution in [2.75, 3.05) is 5.32 Å². The van der Waals surface area contributed by atoms with E-state index in [0.29, 0.717) is 5.69 Å².